The maximum atomic E-state index is 5.23. The predicted molar refractivity (Wildman–Crippen MR) is 39.2 cm³/mol. The summed E-state index contributed by atoms with van der Waals surface area (Å²) in [6.07, 6.45) is 2.40. The first-order valence-corrected chi connectivity index (χ1v) is 3.43. The van der Waals surface area contributed by atoms with Crippen molar-refractivity contribution < 1.29 is 0 Å². The maximum Gasteiger partial charge on any atom is 0.0308 e. The smallest absolute Gasteiger partial charge is 0.0308 e. The molecule has 0 aromatic rings. The van der Waals surface area contributed by atoms with E-state index in [2.05, 4.69) is 13.8 Å². The van der Waals surface area contributed by atoms with Gasteiger partial charge in [-0.25, -0.2) is 0 Å². The molecule has 0 fully saturated rings. The van der Waals surface area contributed by atoms with E-state index in [9.17, 15) is 0 Å². The largest absolute Gasteiger partial charge is 0.255 e. The topological polar surface area (TPSA) is 55.3 Å². The van der Waals surface area contributed by atoms with Crippen LogP contribution >= 0.6 is 0 Å². The first kappa shape index (κ1) is 8.88. The summed E-state index contributed by atoms with van der Waals surface area (Å²) >= 11 is 0. The second-order valence-electron chi connectivity index (χ2n) is 2.59. The molecule has 1 unspecified atom stereocenters. The third-order valence-corrected chi connectivity index (χ3v) is 1.30. The van der Waals surface area contributed by atoms with Gasteiger partial charge in [-0.3, -0.25) is 11.7 Å². The minimum Gasteiger partial charge on any atom is -0.255 e. The zero-order valence-corrected chi connectivity index (χ0v) is 6.30. The molecule has 9 heavy (non-hydrogen) atoms. The van der Waals surface area contributed by atoms with Crippen LogP contribution in [0.25, 0.3) is 0 Å². The average molecular weight is 131 g/mol. The zero-order chi connectivity index (χ0) is 7.28. The Balaban J connectivity index is 3.15. The van der Waals surface area contributed by atoms with E-state index >= 15 is 0 Å². The summed E-state index contributed by atoms with van der Waals surface area (Å²) in [5.74, 6) is 11.1. The average Bonchev–Trinajstić information content (AvgIpc) is 1.63. The quantitative estimate of drug-likeness (QED) is 0.431. The van der Waals surface area contributed by atoms with Crippen LogP contribution in [0.15, 0.2) is 0 Å². The molecule has 3 nitrogen and oxygen atoms in total. The Kier molecular flexibility index (Phi) is 4.67. The standard InChI is InChI=1S/C6H17N3/c1-3-4-6(2)5-9(7)8/h6H,3-5,7-8H2,1-2H3. The Morgan fingerprint density at radius 1 is 1.44 bits per heavy atom. The molecule has 4 N–H and O–H groups in total. The lowest BCUT2D eigenvalue weighted by Gasteiger charge is -2.14. The Morgan fingerprint density at radius 2 is 2.00 bits per heavy atom. The molecular formula is C6H17N3. The van der Waals surface area contributed by atoms with Gasteiger partial charge >= 0.3 is 0 Å². The van der Waals surface area contributed by atoms with Gasteiger partial charge in [-0.2, -0.15) is 5.12 Å². The number of hydrogen-bond donors (Lipinski definition) is 2. The number of hydrazine groups is 2. The van der Waals surface area contributed by atoms with Crippen molar-refractivity contribution >= 4 is 0 Å². The van der Waals surface area contributed by atoms with Crippen LogP contribution in [0.3, 0.4) is 0 Å². The SMILES string of the molecule is CCCC(C)CN(N)N. The molecule has 0 aliphatic heterocycles. The van der Waals surface area contributed by atoms with Crippen LogP contribution in [0.1, 0.15) is 26.7 Å². The van der Waals surface area contributed by atoms with E-state index in [1.165, 1.54) is 18.0 Å². The maximum absolute atomic E-state index is 5.23. The van der Waals surface area contributed by atoms with E-state index in [0.29, 0.717) is 5.92 Å². The molecule has 0 heterocycles. The van der Waals surface area contributed by atoms with Gasteiger partial charge in [-0.1, -0.05) is 20.3 Å². The Labute approximate surface area is 56.9 Å². The summed E-state index contributed by atoms with van der Waals surface area (Å²) in [7, 11) is 0. The van der Waals surface area contributed by atoms with Crippen LogP contribution in [0.2, 0.25) is 0 Å². The van der Waals surface area contributed by atoms with Crippen molar-refractivity contribution in [1.82, 2.24) is 5.12 Å². The minimum atomic E-state index is 0.616. The summed E-state index contributed by atoms with van der Waals surface area (Å²) in [5, 5.41) is 1.25. The molecule has 56 valence electrons. The van der Waals surface area contributed by atoms with Crippen LogP contribution < -0.4 is 11.7 Å². The van der Waals surface area contributed by atoms with Gasteiger partial charge in [0.1, 0.15) is 0 Å². The van der Waals surface area contributed by atoms with Gasteiger partial charge in [0.25, 0.3) is 0 Å². The van der Waals surface area contributed by atoms with Gasteiger partial charge in [0.2, 0.25) is 0 Å². The highest BCUT2D eigenvalue weighted by Gasteiger charge is 2.00. The minimum absolute atomic E-state index is 0.616. The molecule has 0 bridgehead atoms. The highest BCUT2D eigenvalue weighted by molar-refractivity contribution is 4.51. The van der Waals surface area contributed by atoms with Crippen LogP contribution in [0, 0.1) is 5.92 Å². The molecule has 0 rings (SSSR count). The molecule has 0 aromatic carbocycles. The van der Waals surface area contributed by atoms with Crippen LogP contribution in [-0.2, 0) is 0 Å². The zero-order valence-electron chi connectivity index (χ0n) is 6.30. The normalized spacial score (nSPS) is 14.3. The van der Waals surface area contributed by atoms with E-state index in [-0.39, 0.29) is 0 Å². The first-order valence-electron chi connectivity index (χ1n) is 3.43. The van der Waals surface area contributed by atoms with Crippen molar-refractivity contribution in [2.75, 3.05) is 6.54 Å². The van der Waals surface area contributed by atoms with Crippen molar-refractivity contribution in [3.05, 3.63) is 0 Å². The molecule has 0 spiro atoms. The van der Waals surface area contributed by atoms with Crippen LogP contribution in [0.5, 0.6) is 0 Å². The number of rotatable bonds is 4. The lowest BCUT2D eigenvalue weighted by molar-refractivity contribution is 0.244. The summed E-state index contributed by atoms with van der Waals surface area (Å²) in [6, 6.07) is 0. The molecule has 0 radical (unpaired) electrons. The van der Waals surface area contributed by atoms with Crippen LogP contribution in [0.4, 0.5) is 0 Å². The molecule has 0 saturated carbocycles. The van der Waals surface area contributed by atoms with Crippen molar-refractivity contribution in [1.29, 1.82) is 0 Å². The summed E-state index contributed by atoms with van der Waals surface area (Å²) in [5.41, 5.74) is 0. The molecular weight excluding hydrogens is 114 g/mol. The van der Waals surface area contributed by atoms with Crippen LogP contribution in [-0.4, -0.2) is 11.7 Å². The molecule has 1 atom stereocenters. The van der Waals surface area contributed by atoms with E-state index in [1.54, 1.807) is 0 Å². The molecule has 0 aliphatic carbocycles. The van der Waals surface area contributed by atoms with E-state index in [0.717, 1.165) is 6.54 Å². The van der Waals surface area contributed by atoms with Crippen molar-refractivity contribution in [2.45, 2.75) is 26.7 Å². The second-order valence-corrected chi connectivity index (χ2v) is 2.59. The molecule has 0 aliphatic rings. The monoisotopic (exact) mass is 131 g/mol. The van der Waals surface area contributed by atoms with Gasteiger partial charge in [-0.05, 0) is 12.3 Å². The van der Waals surface area contributed by atoms with Gasteiger partial charge in [0, 0.05) is 6.54 Å². The molecule has 0 aromatic heterocycles. The Bertz CT molecular complexity index is 63.3. The van der Waals surface area contributed by atoms with Gasteiger partial charge < -0.3 is 0 Å². The lowest BCUT2D eigenvalue weighted by atomic mass is 10.1. The van der Waals surface area contributed by atoms with Crippen molar-refractivity contribution in [2.24, 2.45) is 17.6 Å². The van der Waals surface area contributed by atoms with Crippen molar-refractivity contribution in [3.8, 4) is 0 Å². The highest BCUT2D eigenvalue weighted by atomic mass is 15.6. The fraction of sp³-hybridized carbons (Fsp3) is 1.00. The number of hydrogen-bond acceptors (Lipinski definition) is 3. The number of nitrogens with two attached hydrogens (primary N) is 2. The Morgan fingerprint density at radius 3 is 2.33 bits per heavy atom. The Hall–Kier alpha value is -0.120. The highest BCUT2D eigenvalue weighted by Crippen LogP contribution is 2.03. The fourth-order valence-corrected chi connectivity index (χ4v) is 0.944. The summed E-state index contributed by atoms with van der Waals surface area (Å²) in [4.78, 5) is 0. The molecule has 0 amide bonds. The third kappa shape index (κ3) is 5.76. The van der Waals surface area contributed by atoms with Gasteiger partial charge in [0.05, 0.1) is 0 Å². The lowest BCUT2D eigenvalue weighted by Crippen LogP contribution is -2.40. The van der Waals surface area contributed by atoms with E-state index < -0.39 is 0 Å². The second kappa shape index (κ2) is 4.73. The molecule has 0 saturated heterocycles. The summed E-state index contributed by atoms with van der Waals surface area (Å²) < 4.78 is 0. The fourth-order valence-electron chi connectivity index (χ4n) is 0.944. The van der Waals surface area contributed by atoms with Gasteiger partial charge in [0.15, 0.2) is 0 Å². The van der Waals surface area contributed by atoms with Gasteiger partial charge in [-0.15, -0.1) is 0 Å². The van der Waals surface area contributed by atoms with E-state index in [4.69, 9.17) is 11.7 Å². The summed E-state index contributed by atoms with van der Waals surface area (Å²) in [6.45, 7) is 5.10. The number of nitrogens with zero attached hydrogens (tertiary/aromatic N) is 1. The van der Waals surface area contributed by atoms with E-state index in [1.807, 2.05) is 0 Å². The predicted octanol–water partition coefficient (Wildman–Crippen LogP) is 0.472. The van der Waals surface area contributed by atoms with Crippen molar-refractivity contribution in [3.63, 3.8) is 0 Å². The first-order chi connectivity index (χ1) is 4.16. The molecule has 3 heteroatoms. The third-order valence-electron chi connectivity index (χ3n) is 1.30.